The fourth-order valence-electron chi connectivity index (χ4n) is 3.40. The number of benzene rings is 1. The summed E-state index contributed by atoms with van der Waals surface area (Å²) >= 11 is 6.06. The second kappa shape index (κ2) is 7.31. The lowest BCUT2D eigenvalue weighted by Gasteiger charge is -2.42. The minimum absolute atomic E-state index is 0.0603. The summed E-state index contributed by atoms with van der Waals surface area (Å²) in [6.07, 6.45) is 2.64. The van der Waals surface area contributed by atoms with Crippen LogP contribution in [0.1, 0.15) is 52.0 Å². The van der Waals surface area contributed by atoms with E-state index in [0.717, 1.165) is 31.4 Å². The number of hydrogen-bond acceptors (Lipinski definition) is 3. The number of carboxylic acid groups (broad SMARTS) is 1. The third kappa shape index (κ3) is 4.33. The molecule has 1 fully saturated rings. The van der Waals surface area contributed by atoms with Gasteiger partial charge in [-0.3, -0.25) is 0 Å². The Labute approximate surface area is 148 Å². The van der Waals surface area contributed by atoms with Crippen molar-refractivity contribution in [3.05, 3.63) is 28.8 Å². The summed E-state index contributed by atoms with van der Waals surface area (Å²) in [4.78, 5) is 13.2. The summed E-state index contributed by atoms with van der Waals surface area (Å²) in [6.45, 7) is 5.80. The molecule has 1 saturated carbocycles. The summed E-state index contributed by atoms with van der Waals surface area (Å²) in [6, 6.07) is 7.74. The minimum Gasteiger partial charge on any atom is -0.465 e. The zero-order valence-electron chi connectivity index (χ0n) is 14.3. The largest absolute Gasteiger partial charge is 0.465 e. The van der Waals surface area contributed by atoms with E-state index in [4.69, 9.17) is 16.9 Å². The average Bonchev–Trinajstić information content (AvgIpc) is 2.47. The molecule has 1 aliphatic rings. The van der Waals surface area contributed by atoms with E-state index in [0.29, 0.717) is 16.6 Å². The zero-order chi connectivity index (χ0) is 17.9. The van der Waals surface area contributed by atoms with Crippen LogP contribution < -0.4 is 5.32 Å². The first-order valence-corrected chi connectivity index (χ1v) is 8.58. The second-order valence-corrected chi connectivity index (χ2v) is 7.69. The van der Waals surface area contributed by atoms with Gasteiger partial charge in [0.15, 0.2) is 0 Å². The van der Waals surface area contributed by atoms with Crippen molar-refractivity contribution in [1.82, 2.24) is 4.90 Å². The van der Waals surface area contributed by atoms with Gasteiger partial charge in [0.25, 0.3) is 0 Å². The van der Waals surface area contributed by atoms with E-state index in [2.05, 4.69) is 5.32 Å². The molecule has 5 nitrogen and oxygen atoms in total. The number of amides is 1. The van der Waals surface area contributed by atoms with E-state index < -0.39 is 11.6 Å². The van der Waals surface area contributed by atoms with Gasteiger partial charge in [0.05, 0.1) is 10.6 Å². The minimum atomic E-state index is -0.849. The van der Waals surface area contributed by atoms with E-state index in [-0.39, 0.29) is 6.04 Å². The molecule has 1 aromatic carbocycles. The quantitative estimate of drug-likeness (QED) is 0.828. The van der Waals surface area contributed by atoms with Crippen LogP contribution in [0.5, 0.6) is 0 Å². The van der Waals surface area contributed by atoms with Crippen molar-refractivity contribution in [2.45, 2.75) is 64.1 Å². The standard InChI is InChI=1S/C18H24ClN3O2/c1-18(2,3)22(17(23)24)15-8-6-13(7-9-15)21-14-5-4-12(11-20)16(19)10-14/h4-5,10,13,15,21H,6-9H2,1-3H3,(H,23,24). The van der Waals surface area contributed by atoms with Gasteiger partial charge in [0, 0.05) is 23.3 Å². The van der Waals surface area contributed by atoms with Gasteiger partial charge in [-0.1, -0.05) is 11.6 Å². The molecular weight excluding hydrogens is 326 g/mol. The molecule has 0 aliphatic heterocycles. The number of nitriles is 1. The summed E-state index contributed by atoms with van der Waals surface area (Å²) in [5.41, 5.74) is 0.971. The molecule has 0 radical (unpaired) electrons. The Morgan fingerprint density at radius 2 is 1.96 bits per heavy atom. The molecule has 0 bridgehead atoms. The van der Waals surface area contributed by atoms with E-state index in [1.165, 1.54) is 0 Å². The SMILES string of the molecule is CC(C)(C)N(C(=O)O)C1CCC(Nc2ccc(C#N)c(Cl)c2)CC1. The van der Waals surface area contributed by atoms with E-state index in [9.17, 15) is 9.90 Å². The van der Waals surface area contributed by atoms with Gasteiger partial charge in [-0.25, -0.2) is 4.79 Å². The van der Waals surface area contributed by atoms with Crippen molar-refractivity contribution in [1.29, 1.82) is 5.26 Å². The molecule has 0 heterocycles. The Hall–Kier alpha value is -1.93. The number of hydrogen-bond donors (Lipinski definition) is 2. The summed E-state index contributed by atoms with van der Waals surface area (Å²) < 4.78 is 0. The van der Waals surface area contributed by atoms with Gasteiger partial charge in [-0.2, -0.15) is 5.26 Å². The number of carbonyl (C=O) groups is 1. The molecule has 0 unspecified atom stereocenters. The molecule has 1 aromatic rings. The Balaban J connectivity index is 1.97. The Bertz CT molecular complexity index is 641. The summed E-state index contributed by atoms with van der Waals surface area (Å²) in [7, 11) is 0. The lowest BCUT2D eigenvalue weighted by molar-refractivity contribution is 0.0557. The van der Waals surface area contributed by atoms with Crippen LogP contribution in [0.25, 0.3) is 0 Å². The van der Waals surface area contributed by atoms with Crippen LogP contribution in [0.3, 0.4) is 0 Å². The maximum Gasteiger partial charge on any atom is 0.407 e. The van der Waals surface area contributed by atoms with Crippen molar-refractivity contribution in [2.75, 3.05) is 5.32 Å². The highest BCUT2D eigenvalue weighted by atomic mass is 35.5. The van der Waals surface area contributed by atoms with Gasteiger partial charge in [0.2, 0.25) is 0 Å². The normalized spacial score (nSPS) is 21.0. The Morgan fingerprint density at radius 3 is 2.42 bits per heavy atom. The average molecular weight is 350 g/mol. The highest BCUT2D eigenvalue weighted by Crippen LogP contribution is 2.30. The maximum absolute atomic E-state index is 11.6. The molecule has 1 amide bonds. The lowest BCUT2D eigenvalue weighted by Crippen LogP contribution is -2.52. The first-order chi connectivity index (χ1) is 11.2. The molecule has 0 saturated heterocycles. The van der Waals surface area contributed by atoms with Crippen LogP contribution in [0.4, 0.5) is 10.5 Å². The Kier molecular flexibility index (Phi) is 5.61. The van der Waals surface area contributed by atoms with Gasteiger partial charge >= 0.3 is 6.09 Å². The molecule has 6 heteroatoms. The van der Waals surface area contributed by atoms with Crippen LogP contribution in [0.15, 0.2) is 18.2 Å². The molecule has 1 aliphatic carbocycles. The van der Waals surface area contributed by atoms with Gasteiger partial charge in [0.1, 0.15) is 6.07 Å². The number of halogens is 1. The summed E-state index contributed by atoms with van der Waals surface area (Å²) in [5.74, 6) is 0. The third-order valence-corrected chi connectivity index (χ3v) is 4.76. The molecule has 0 aromatic heterocycles. The number of anilines is 1. The lowest BCUT2D eigenvalue weighted by atomic mass is 9.88. The smallest absolute Gasteiger partial charge is 0.407 e. The zero-order valence-corrected chi connectivity index (χ0v) is 15.1. The van der Waals surface area contributed by atoms with Gasteiger partial charge in [-0.15, -0.1) is 0 Å². The number of nitrogens with zero attached hydrogens (tertiary/aromatic N) is 2. The van der Waals surface area contributed by atoms with Crippen molar-refractivity contribution < 1.29 is 9.90 Å². The molecule has 2 N–H and O–H groups in total. The predicted octanol–water partition coefficient (Wildman–Crippen LogP) is 4.71. The van der Waals surface area contributed by atoms with Crippen LogP contribution in [0.2, 0.25) is 5.02 Å². The van der Waals surface area contributed by atoms with E-state index in [1.54, 1.807) is 17.0 Å². The van der Waals surface area contributed by atoms with Crippen LogP contribution in [0, 0.1) is 11.3 Å². The number of rotatable bonds is 3. The van der Waals surface area contributed by atoms with Gasteiger partial charge < -0.3 is 15.3 Å². The molecule has 0 spiro atoms. The van der Waals surface area contributed by atoms with Crippen molar-refractivity contribution in [2.24, 2.45) is 0 Å². The van der Waals surface area contributed by atoms with Crippen LogP contribution >= 0.6 is 11.6 Å². The molecule has 2 rings (SSSR count). The van der Waals surface area contributed by atoms with Gasteiger partial charge in [-0.05, 0) is 64.7 Å². The first kappa shape index (κ1) is 18.4. The van der Waals surface area contributed by atoms with E-state index in [1.807, 2.05) is 32.9 Å². The van der Waals surface area contributed by atoms with Crippen molar-refractivity contribution >= 4 is 23.4 Å². The monoisotopic (exact) mass is 349 g/mol. The third-order valence-electron chi connectivity index (χ3n) is 4.45. The van der Waals surface area contributed by atoms with Crippen LogP contribution in [-0.4, -0.2) is 33.7 Å². The fraction of sp³-hybridized carbons (Fsp3) is 0.556. The molecule has 24 heavy (non-hydrogen) atoms. The first-order valence-electron chi connectivity index (χ1n) is 8.21. The van der Waals surface area contributed by atoms with E-state index >= 15 is 0 Å². The fourth-order valence-corrected chi connectivity index (χ4v) is 3.62. The number of nitrogens with one attached hydrogen (secondary N) is 1. The molecule has 130 valence electrons. The highest BCUT2D eigenvalue weighted by molar-refractivity contribution is 6.32. The van der Waals surface area contributed by atoms with Crippen molar-refractivity contribution in [3.63, 3.8) is 0 Å². The molecular formula is C18H24ClN3O2. The van der Waals surface area contributed by atoms with Crippen LogP contribution in [-0.2, 0) is 0 Å². The summed E-state index contributed by atoms with van der Waals surface area (Å²) in [5, 5.41) is 22.3. The Morgan fingerprint density at radius 1 is 1.33 bits per heavy atom. The topological polar surface area (TPSA) is 76.4 Å². The highest BCUT2D eigenvalue weighted by Gasteiger charge is 2.35. The second-order valence-electron chi connectivity index (χ2n) is 7.28. The maximum atomic E-state index is 11.6. The van der Waals surface area contributed by atoms with Crippen molar-refractivity contribution in [3.8, 4) is 6.07 Å². The molecule has 0 atom stereocenters. The predicted molar refractivity (Wildman–Crippen MR) is 95.5 cm³/mol.